The summed E-state index contributed by atoms with van der Waals surface area (Å²) in [7, 11) is 0. The number of nitrogens with one attached hydrogen (secondary N) is 2. The maximum Gasteiger partial charge on any atom is 0.239 e. The maximum absolute atomic E-state index is 13.5. The van der Waals surface area contributed by atoms with Gasteiger partial charge in [0.2, 0.25) is 17.7 Å². The van der Waals surface area contributed by atoms with Gasteiger partial charge in [-0.2, -0.15) is 0 Å². The van der Waals surface area contributed by atoms with Crippen LogP contribution in [0.2, 0.25) is 0 Å². The molecule has 3 unspecified atom stereocenters. The molecular weight excluding hydrogens is 380 g/mol. The Kier molecular flexibility index (Phi) is 6.49. The number of benzene rings is 1. The minimum Gasteiger partial charge on any atom is -0.354 e. The molecular formula is C21H27F2N3O3. The van der Waals surface area contributed by atoms with Crippen molar-refractivity contribution in [1.82, 2.24) is 10.6 Å². The molecule has 1 heterocycles. The largest absolute Gasteiger partial charge is 0.354 e. The van der Waals surface area contributed by atoms with Crippen LogP contribution in [0.1, 0.15) is 46.0 Å². The summed E-state index contributed by atoms with van der Waals surface area (Å²) in [5, 5.41) is 5.82. The number of nitrogens with zero attached hydrogens (tertiary/aromatic N) is 1. The summed E-state index contributed by atoms with van der Waals surface area (Å²) < 4.78 is 26.9. The number of carbonyl (C=O) groups excluding carboxylic acids is 3. The highest BCUT2D eigenvalue weighted by molar-refractivity contribution is 6.09. The van der Waals surface area contributed by atoms with Crippen LogP contribution in [0.4, 0.5) is 14.5 Å². The summed E-state index contributed by atoms with van der Waals surface area (Å²) in [5.41, 5.74) is 0.117. The molecule has 3 amide bonds. The summed E-state index contributed by atoms with van der Waals surface area (Å²) >= 11 is 0. The van der Waals surface area contributed by atoms with Crippen LogP contribution in [-0.4, -0.2) is 36.3 Å². The van der Waals surface area contributed by atoms with Crippen LogP contribution in [0.25, 0.3) is 0 Å². The number of hydrogen-bond donors (Lipinski definition) is 2. The number of halogens is 2. The lowest BCUT2D eigenvalue weighted by Gasteiger charge is -2.30. The smallest absolute Gasteiger partial charge is 0.239 e. The molecule has 1 aromatic rings. The number of carbonyl (C=O) groups is 3. The van der Waals surface area contributed by atoms with Crippen molar-refractivity contribution in [2.45, 2.75) is 58.0 Å². The lowest BCUT2D eigenvalue weighted by atomic mass is 9.84. The molecule has 6 nitrogen and oxygen atoms in total. The predicted octanol–water partition coefficient (Wildman–Crippen LogP) is 2.52. The van der Waals surface area contributed by atoms with E-state index in [1.54, 1.807) is 0 Å². The first-order chi connectivity index (χ1) is 13.7. The SMILES string of the molecule is CC(C)NC(=O)C1CCCC(NC(=O)C2CCN(c3cc(F)cc(F)c3)C2=O)C1. The van der Waals surface area contributed by atoms with Crippen molar-refractivity contribution in [2.24, 2.45) is 11.8 Å². The molecule has 2 fully saturated rings. The first-order valence-electron chi connectivity index (χ1n) is 10.1. The minimum absolute atomic E-state index is 0.00445. The van der Waals surface area contributed by atoms with E-state index in [0.717, 1.165) is 37.5 Å². The molecule has 2 aliphatic rings. The third kappa shape index (κ3) is 5.10. The topological polar surface area (TPSA) is 78.5 Å². The molecule has 0 bridgehead atoms. The zero-order valence-corrected chi connectivity index (χ0v) is 16.7. The Hall–Kier alpha value is -2.51. The number of rotatable bonds is 5. The van der Waals surface area contributed by atoms with E-state index in [-0.39, 0.29) is 48.5 Å². The van der Waals surface area contributed by atoms with Gasteiger partial charge >= 0.3 is 0 Å². The molecule has 8 heteroatoms. The fraction of sp³-hybridized carbons (Fsp3) is 0.571. The zero-order chi connectivity index (χ0) is 21.1. The summed E-state index contributed by atoms with van der Waals surface area (Å²) in [6.07, 6.45) is 3.20. The van der Waals surface area contributed by atoms with Crippen LogP contribution in [0.15, 0.2) is 18.2 Å². The molecule has 1 aromatic carbocycles. The molecule has 0 spiro atoms. The van der Waals surface area contributed by atoms with E-state index in [0.29, 0.717) is 6.42 Å². The second-order valence-corrected chi connectivity index (χ2v) is 8.19. The Labute approximate surface area is 169 Å². The van der Waals surface area contributed by atoms with Crippen molar-refractivity contribution < 1.29 is 23.2 Å². The van der Waals surface area contributed by atoms with Gasteiger partial charge in [0.05, 0.1) is 0 Å². The Morgan fingerprint density at radius 2 is 1.76 bits per heavy atom. The average molecular weight is 407 g/mol. The molecule has 2 N–H and O–H groups in total. The molecule has 158 valence electrons. The summed E-state index contributed by atoms with van der Waals surface area (Å²) in [6, 6.07) is 2.81. The third-order valence-electron chi connectivity index (χ3n) is 5.50. The number of amides is 3. The van der Waals surface area contributed by atoms with E-state index in [2.05, 4.69) is 10.6 Å². The van der Waals surface area contributed by atoms with Crippen molar-refractivity contribution in [3.05, 3.63) is 29.8 Å². The quantitative estimate of drug-likeness (QED) is 0.737. The van der Waals surface area contributed by atoms with Crippen molar-refractivity contribution in [3.63, 3.8) is 0 Å². The molecule has 29 heavy (non-hydrogen) atoms. The molecule has 3 atom stereocenters. The Morgan fingerprint density at radius 3 is 2.41 bits per heavy atom. The summed E-state index contributed by atoms with van der Waals surface area (Å²) in [6.45, 7) is 4.04. The van der Waals surface area contributed by atoms with Crippen LogP contribution in [0, 0.1) is 23.5 Å². The maximum atomic E-state index is 13.5. The van der Waals surface area contributed by atoms with Gasteiger partial charge in [-0.3, -0.25) is 14.4 Å². The summed E-state index contributed by atoms with van der Waals surface area (Å²) in [4.78, 5) is 38.8. The van der Waals surface area contributed by atoms with Crippen LogP contribution in [0.3, 0.4) is 0 Å². The van der Waals surface area contributed by atoms with Crippen molar-refractivity contribution in [3.8, 4) is 0 Å². The van der Waals surface area contributed by atoms with Gasteiger partial charge in [-0.1, -0.05) is 6.42 Å². The van der Waals surface area contributed by atoms with E-state index < -0.39 is 23.5 Å². The van der Waals surface area contributed by atoms with E-state index in [9.17, 15) is 23.2 Å². The van der Waals surface area contributed by atoms with Gasteiger partial charge in [0.1, 0.15) is 17.6 Å². The van der Waals surface area contributed by atoms with Crippen LogP contribution < -0.4 is 15.5 Å². The molecule has 0 aromatic heterocycles. The number of hydrogen-bond acceptors (Lipinski definition) is 3. The second kappa shape index (κ2) is 8.88. The lowest BCUT2D eigenvalue weighted by molar-refractivity contribution is -0.134. The Bertz CT molecular complexity index is 779. The Morgan fingerprint density at radius 1 is 1.07 bits per heavy atom. The fourth-order valence-corrected chi connectivity index (χ4v) is 4.14. The average Bonchev–Trinajstić information content (AvgIpc) is 3.02. The minimum atomic E-state index is -0.883. The van der Waals surface area contributed by atoms with Gasteiger partial charge in [-0.15, -0.1) is 0 Å². The molecule has 1 aliphatic carbocycles. The molecule has 0 radical (unpaired) electrons. The molecule has 1 saturated heterocycles. The molecule has 1 aliphatic heterocycles. The molecule has 3 rings (SSSR count). The van der Waals surface area contributed by atoms with Gasteiger partial charge < -0.3 is 15.5 Å². The lowest BCUT2D eigenvalue weighted by Crippen LogP contribution is -2.46. The third-order valence-corrected chi connectivity index (χ3v) is 5.50. The first-order valence-corrected chi connectivity index (χ1v) is 10.1. The second-order valence-electron chi connectivity index (χ2n) is 8.19. The normalized spacial score (nSPS) is 24.7. The van der Waals surface area contributed by atoms with Gasteiger partial charge in [-0.25, -0.2) is 8.78 Å². The standard InChI is InChI=1S/C21H27F2N3O3/c1-12(2)24-19(27)13-4-3-5-16(8-13)25-20(28)18-6-7-26(21(18)29)17-10-14(22)9-15(23)11-17/h9-13,16,18H,3-8H2,1-2H3,(H,24,27)(H,25,28). The zero-order valence-electron chi connectivity index (χ0n) is 16.7. The highest BCUT2D eigenvalue weighted by Gasteiger charge is 2.39. The van der Waals surface area contributed by atoms with Gasteiger partial charge in [0.25, 0.3) is 0 Å². The van der Waals surface area contributed by atoms with Crippen molar-refractivity contribution >= 4 is 23.4 Å². The van der Waals surface area contributed by atoms with Gasteiger partial charge in [-0.05, 0) is 51.7 Å². The highest BCUT2D eigenvalue weighted by Crippen LogP contribution is 2.29. The van der Waals surface area contributed by atoms with Gasteiger partial charge in [0.15, 0.2) is 0 Å². The van der Waals surface area contributed by atoms with Gasteiger partial charge in [0, 0.05) is 36.3 Å². The monoisotopic (exact) mass is 407 g/mol. The highest BCUT2D eigenvalue weighted by atomic mass is 19.1. The van der Waals surface area contributed by atoms with E-state index >= 15 is 0 Å². The first kappa shape index (κ1) is 21.2. The van der Waals surface area contributed by atoms with Crippen molar-refractivity contribution in [2.75, 3.05) is 11.4 Å². The van der Waals surface area contributed by atoms with E-state index in [4.69, 9.17) is 0 Å². The number of anilines is 1. The van der Waals surface area contributed by atoms with Crippen LogP contribution >= 0.6 is 0 Å². The van der Waals surface area contributed by atoms with E-state index in [1.807, 2.05) is 13.8 Å². The predicted molar refractivity (Wildman–Crippen MR) is 104 cm³/mol. The van der Waals surface area contributed by atoms with Crippen molar-refractivity contribution in [1.29, 1.82) is 0 Å². The fourth-order valence-electron chi connectivity index (χ4n) is 4.14. The Balaban J connectivity index is 1.59. The van der Waals surface area contributed by atoms with Crippen LogP contribution in [-0.2, 0) is 14.4 Å². The van der Waals surface area contributed by atoms with Crippen LogP contribution in [0.5, 0.6) is 0 Å². The van der Waals surface area contributed by atoms with E-state index in [1.165, 1.54) is 4.90 Å². The molecule has 1 saturated carbocycles. The summed E-state index contributed by atoms with van der Waals surface area (Å²) in [5.74, 6) is -3.42.